The van der Waals surface area contributed by atoms with E-state index in [-0.39, 0.29) is 18.4 Å². The summed E-state index contributed by atoms with van der Waals surface area (Å²) in [5, 5.41) is 18.2. The van der Waals surface area contributed by atoms with E-state index in [4.69, 9.17) is 10.8 Å². The molecule has 0 aliphatic rings. The number of rotatable bonds is 7. The van der Waals surface area contributed by atoms with E-state index < -0.39 is 35.6 Å². The van der Waals surface area contributed by atoms with Crippen LogP contribution in [0.1, 0.15) is 37.4 Å². The van der Waals surface area contributed by atoms with Gasteiger partial charge in [0.05, 0.1) is 12.5 Å². The fraction of sp³-hybridized carbons (Fsp3) is 0.462. The first-order valence-electron chi connectivity index (χ1n) is 6.11. The lowest BCUT2D eigenvalue weighted by atomic mass is 10.00. The first-order chi connectivity index (χ1) is 9.31. The first kappa shape index (κ1) is 16.5. The topological polar surface area (TPSA) is 83.5 Å². The van der Waals surface area contributed by atoms with Crippen LogP contribution in [0.5, 0.6) is 0 Å². The van der Waals surface area contributed by atoms with Gasteiger partial charge in [0.25, 0.3) is 0 Å². The van der Waals surface area contributed by atoms with Crippen LogP contribution in [0.25, 0.3) is 0 Å². The molecule has 0 aromatic heterocycles. The minimum Gasteiger partial charge on any atom is -0.481 e. The highest BCUT2D eigenvalue weighted by molar-refractivity contribution is 5.67. The predicted molar refractivity (Wildman–Crippen MR) is 65.4 cm³/mol. The van der Waals surface area contributed by atoms with Crippen LogP contribution in [0.15, 0.2) is 12.1 Å². The van der Waals surface area contributed by atoms with Gasteiger partial charge >= 0.3 is 5.97 Å². The molecule has 0 aliphatic carbocycles. The molecule has 20 heavy (non-hydrogen) atoms. The highest BCUT2D eigenvalue weighted by Gasteiger charge is 2.17. The lowest BCUT2D eigenvalue weighted by Crippen LogP contribution is -2.23. The maximum atomic E-state index is 13.4. The van der Waals surface area contributed by atoms with E-state index in [1.54, 1.807) is 0 Å². The van der Waals surface area contributed by atoms with E-state index in [0.717, 1.165) is 0 Å². The van der Waals surface area contributed by atoms with E-state index >= 15 is 0 Å². The van der Waals surface area contributed by atoms with Crippen LogP contribution in [0, 0.1) is 17.5 Å². The van der Waals surface area contributed by atoms with Crippen molar-refractivity contribution in [2.45, 2.75) is 37.8 Å². The summed E-state index contributed by atoms with van der Waals surface area (Å²) in [7, 11) is 0. The standard InChI is InChI=1S/C13H16F3NO3/c14-9-6-11(16)10(15)5-8(9)12(18)3-1-2-7(17)4-13(19)20/h5-7,12,18H,1-4,17H2,(H,19,20)/t7-,12?/m1/s1. The van der Waals surface area contributed by atoms with Gasteiger partial charge in [0, 0.05) is 17.7 Å². The number of aliphatic hydroxyl groups is 1. The highest BCUT2D eigenvalue weighted by atomic mass is 19.2. The molecule has 0 aliphatic heterocycles. The Kier molecular flexibility index (Phi) is 5.97. The summed E-state index contributed by atoms with van der Waals surface area (Å²) >= 11 is 0. The smallest absolute Gasteiger partial charge is 0.304 e. The molecular formula is C13H16F3NO3. The summed E-state index contributed by atoms with van der Waals surface area (Å²) < 4.78 is 39.1. The zero-order chi connectivity index (χ0) is 15.3. The van der Waals surface area contributed by atoms with Crippen molar-refractivity contribution in [1.29, 1.82) is 0 Å². The molecule has 1 rings (SSSR count). The molecule has 0 heterocycles. The molecule has 1 unspecified atom stereocenters. The molecule has 0 bridgehead atoms. The Bertz CT molecular complexity index is 482. The average molecular weight is 291 g/mol. The summed E-state index contributed by atoms with van der Waals surface area (Å²) in [5.74, 6) is -4.60. The van der Waals surface area contributed by atoms with Crippen LogP contribution in [0.4, 0.5) is 13.2 Å². The summed E-state index contributed by atoms with van der Waals surface area (Å²) in [6, 6.07) is 0.436. The molecule has 0 saturated carbocycles. The highest BCUT2D eigenvalue weighted by Crippen LogP contribution is 2.24. The van der Waals surface area contributed by atoms with Gasteiger partial charge in [-0.3, -0.25) is 4.79 Å². The van der Waals surface area contributed by atoms with Crippen molar-refractivity contribution in [1.82, 2.24) is 0 Å². The van der Waals surface area contributed by atoms with Crippen molar-refractivity contribution < 1.29 is 28.2 Å². The lowest BCUT2D eigenvalue weighted by Gasteiger charge is -2.14. The van der Waals surface area contributed by atoms with Crippen LogP contribution in [-0.4, -0.2) is 22.2 Å². The van der Waals surface area contributed by atoms with Gasteiger partial charge in [-0.25, -0.2) is 13.2 Å². The third kappa shape index (κ3) is 4.82. The second-order valence-corrected chi connectivity index (χ2v) is 4.59. The molecule has 4 N–H and O–H groups in total. The van der Waals surface area contributed by atoms with E-state index in [1.807, 2.05) is 0 Å². The van der Waals surface area contributed by atoms with Crippen molar-refractivity contribution in [3.63, 3.8) is 0 Å². The van der Waals surface area contributed by atoms with E-state index in [1.165, 1.54) is 0 Å². The first-order valence-corrected chi connectivity index (χ1v) is 6.11. The Hall–Kier alpha value is -1.60. The third-order valence-corrected chi connectivity index (χ3v) is 2.89. The Balaban J connectivity index is 2.53. The SMILES string of the molecule is N[C@H](CCCC(O)c1cc(F)c(F)cc1F)CC(=O)O. The zero-order valence-corrected chi connectivity index (χ0v) is 10.7. The molecule has 0 spiro atoms. The largest absolute Gasteiger partial charge is 0.481 e. The molecule has 0 fully saturated rings. The number of aliphatic hydroxyl groups excluding tert-OH is 1. The van der Waals surface area contributed by atoms with Crippen LogP contribution >= 0.6 is 0 Å². The van der Waals surface area contributed by atoms with E-state index in [2.05, 4.69) is 0 Å². The molecule has 112 valence electrons. The molecule has 1 aromatic rings. The number of halogens is 3. The maximum absolute atomic E-state index is 13.4. The Morgan fingerprint density at radius 1 is 1.15 bits per heavy atom. The number of benzene rings is 1. The molecular weight excluding hydrogens is 275 g/mol. The van der Waals surface area contributed by atoms with Crippen molar-refractivity contribution in [3.05, 3.63) is 35.1 Å². The van der Waals surface area contributed by atoms with Crippen LogP contribution in [0.2, 0.25) is 0 Å². The monoisotopic (exact) mass is 291 g/mol. The fourth-order valence-corrected chi connectivity index (χ4v) is 1.85. The summed E-state index contributed by atoms with van der Waals surface area (Å²) in [5.41, 5.74) is 5.20. The summed E-state index contributed by atoms with van der Waals surface area (Å²) in [6.07, 6.45) is -0.740. The molecule has 0 saturated heterocycles. The van der Waals surface area contributed by atoms with Gasteiger partial charge in [0.1, 0.15) is 5.82 Å². The minimum atomic E-state index is -1.32. The number of carbonyl (C=O) groups is 1. The molecule has 4 nitrogen and oxygen atoms in total. The molecule has 0 amide bonds. The van der Waals surface area contributed by atoms with Gasteiger partial charge in [0.15, 0.2) is 11.6 Å². The normalized spacial score (nSPS) is 14.1. The number of carboxylic acid groups (broad SMARTS) is 1. The van der Waals surface area contributed by atoms with Crippen LogP contribution < -0.4 is 5.73 Å². The molecule has 7 heteroatoms. The summed E-state index contributed by atoms with van der Waals surface area (Å²) in [6.45, 7) is 0. The van der Waals surface area contributed by atoms with Crippen molar-refractivity contribution in [2.75, 3.05) is 0 Å². The van der Waals surface area contributed by atoms with Crippen molar-refractivity contribution >= 4 is 5.97 Å². The number of hydrogen-bond donors (Lipinski definition) is 3. The molecule has 1 aromatic carbocycles. The zero-order valence-electron chi connectivity index (χ0n) is 10.7. The van der Waals surface area contributed by atoms with E-state index in [0.29, 0.717) is 25.0 Å². The minimum absolute atomic E-state index is 0.0787. The van der Waals surface area contributed by atoms with Gasteiger partial charge in [-0.05, 0) is 25.3 Å². The van der Waals surface area contributed by atoms with Gasteiger partial charge < -0.3 is 15.9 Å². The van der Waals surface area contributed by atoms with Gasteiger partial charge in [-0.2, -0.15) is 0 Å². The quantitative estimate of drug-likeness (QED) is 0.672. The summed E-state index contributed by atoms with van der Waals surface area (Å²) in [4.78, 5) is 10.4. The van der Waals surface area contributed by atoms with Gasteiger partial charge in [-0.15, -0.1) is 0 Å². The molecule has 2 atom stereocenters. The maximum Gasteiger partial charge on any atom is 0.304 e. The van der Waals surface area contributed by atoms with Crippen LogP contribution in [0.3, 0.4) is 0 Å². The lowest BCUT2D eigenvalue weighted by molar-refractivity contribution is -0.137. The van der Waals surface area contributed by atoms with Gasteiger partial charge in [-0.1, -0.05) is 0 Å². The predicted octanol–water partition coefficient (Wildman–Crippen LogP) is 2.11. The van der Waals surface area contributed by atoms with Crippen molar-refractivity contribution in [2.24, 2.45) is 5.73 Å². The number of carboxylic acids is 1. The number of aliphatic carboxylic acids is 1. The number of hydrogen-bond acceptors (Lipinski definition) is 3. The van der Waals surface area contributed by atoms with Crippen LogP contribution in [-0.2, 0) is 4.79 Å². The average Bonchev–Trinajstić information content (AvgIpc) is 2.32. The van der Waals surface area contributed by atoms with Crippen molar-refractivity contribution in [3.8, 4) is 0 Å². The number of nitrogens with two attached hydrogens (primary N) is 1. The van der Waals surface area contributed by atoms with Gasteiger partial charge in [0.2, 0.25) is 0 Å². The second kappa shape index (κ2) is 7.25. The Labute approximate surface area is 114 Å². The van der Waals surface area contributed by atoms with E-state index in [9.17, 15) is 23.1 Å². The fourth-order valence-electron chi connectivity index (χ4n) is 1.85. The second-order valence-electron chi connectivity index (χ2n) is 4.59. The molecule has 0 radical (unpaired) electrons. The third-order valence-electron chi connectivity index (χ3n) is 2.89. The Morgan fingerprint density at radius 3 is 2.35 bits per heavy atom. The Morgan fingerprint density at radius 2 is 1.75 bits per heavy atom.